The fourth-order valence-corrected chi connectivity index (χ4v) is 2.73. The number of hydrogen-bond acceptors (Lipinski definition) is 4. The molecule has 0 unspecified atom stereocenters. The van der Waals surface area contributed by atoms with Crippen molar-refractivity contribution in [1.29, 1.82) is 0 Å². The highest BCUT2D eigenvalue weighted by molar-refractivity contribution is 5.11. The summed E-state index contributed by atoms with van der Waals surface area (Å²) in [4.78, 5) is 8.99. The third-order valence-corrected chi connectivity index (χ3v) is 4.18. The summed E-state index contributed by atoms with van der Waals surface area (Å²) < 4.78 is 6.07. The summed E-state index contributed by atoms with van der Waals surface area (Å²) in [6.45, 7) is 7.86. The van der Waals surface area contributed by atoms with Gasteiger partial charge in [-0.3, -0.25) is 0 Å². The zero-order valence-corrected chi connectivity index (χ0v) is 12.3. The summed E-state index contributed by atoms with van der Waals surface area (Å²) in [6, 6.07) is 0. The molecule has 4 nitrogen and oxygen atoms in total. The summed E-state index contributed by atoms with van der Waals surface area (Å²) in [5.74, 6) is 0.821. The second-order valence-corrected chi connectivity index (χ2v) is 6.21. The quantitative estimate of drug-likeness (QED) is 0.907. The molecule has 2 rings (SSSR count). The molecule has 4 heteroatoms. The summed E-state index contributed by atoms with van der Waals surface area (Å²) in [7, 11) is 0. The van der Waals surface area contributed by atoms with Gasteiger partial charge in [0.15, 0.2) is 5.82 Å². The maximum Gasteiger partial charge on any atom is 0.160 e. The van der Waals surface area contributed by atoms with Gasteiger partial charge in [0.05, 0.1) is 0 Å². The summed E-state index contributed by atoms with van der Waals surface area (Å²) in [5.41, 5.74) is 6.67. The van der Waals surface area contributed by atoms with Crippen LogP contribution in [0.25, 0.3) is 0 Å². The van der Waals surface area contributed by atoms with E-state index < -0.39 is 0 Å². The normalized spacial score (nSPS) is 21.3. The molecule has 1 aliphatic carbocycles. The third-order valence-electron chi connectivity index (χ3n) is 4.18. The van der Waals surface area contributed by atoms with Crippen molar-refractivity contribution in [2.24, 2.45) is 11.1 Å². The lowest BCUT2D eigenvalue weighted by Gasteiger charge is -2.42. The molecule has 1 aliphatic rings. The first kappa shape index (κ1) is 14.4. The van der Waals surface area contributed by atoms with Gasteiger partial charge in [-0.1, -0.05) is 13.8 Å². The highest BCUT2D eigenvalue weighted by atomic mass is 16.5. The zero-order valence-electron chi connectivity index (χ0n) is 12.3. The molecule has 2 N–H and O–H groups in total. The van der Waals surface area contributed by atoms with Crippen LogP contribution in [0.1, 0.15) is 57.8 Å². The monoisotopic (exact) mass is 263 g/mol. The average Bonchev–Trinajstić information content (AvgIpc) is 2.42. The Morgan fingerprint density at radius 2 is 1.74 bits per heavy atom. The average molecular weight is 263 g/mol. The Morgan fingerprint density at radius 3 is 2.21 bits per heavy atom. The minimum Gasteiger partial charge on any atom is -0.367 e. The molecule has 0 bridgehead atoms. The van der Waals surface area contributed by atoms with Crippen molar-refractivity contribution >= 4 is 0 Å². The van der Waals surface area contributed by atoms with E-state index in [2.05, 4.69) is 23.8 Å². The molecule has 0 saturated heterocycles. The fourth-order valence-electron chi connectivity index (χ4n) is 2.73. The van der Waals surface area contributed by atoms with Crippen LogP contribution in [0.3, 0.4) is 0 Å². The molecule has 0 radical (unpaired) electrons. The van der Waals surface area contributed by atoms with Gasteiger partial charge in [0, 0.05) is 31.1 Å². The van der Waals surface area contributed by atoms with Crippen LogP contribution in [-0.2, 0) is 16.9 Å². The van der Waals surface area contributed by atoms with E-state index in [1.807, 2.05) is 19.3 Å². The van der Waals surface area contributed by atoms with Gasteiger partial charge in [0.25, 0.3) is 0 Å². The summed E-state index contributed by atoms with van der Waals surface area (Å²) >= 11 is 0. The van der Waals surface area contributed by atoms with Gasteiger partial charge in [-0.05, 0) is 38.0 Å². The van der Waals surface area contributed by atoms with E-state index in [9.17, 15) is 0 Å². The molecule has 0 atom stereocenters. The van der Waals surface area contributed by atoms with Gasteiger partial charge >= 0.3 is 0 Å². The standard InChI is InChI=1S/C15H25N3O/c1-4-19-15(7-5-14(2,3)6-8-15)13-17-10-12(9-16)11-18-13/h10-11H,4-9,16H2,1-3H3. The highest BCUT2D eigenvalue weighted by Crippen LogP contribution is 2.46. The Labute approximate surface area is 115 Å². The zero-order chi connectivity index (χ0) is 13.9. The molecule has 0 aliphatic heterocycles. The lowest BCUT2D eigenvalue weighted by atomic mass is 9.70. The first-order valence-corrected chi connectivity index (χ1v) is 7.17. The van der Waals surface area contributed by atoms with Gasteiger partial charge in [0.1, 0.15) is 5.60 Å². The topological polar surface area (TPSA) is 61.0 Å². The maximum absolute atomic E-state index is 6.07. The van der Waals surface area contributed by atoms with Crippen LogP contribution >= 0.6 is 0 Å². The second-order valence-electron chi connectivity index (χ2n) is 6.21. The van der Waals surface area contributed by atoms with Crippen molar-refractivity contribution in [1.82, 2.24) is 9.97 Å². The number of ether oxygens (including phenoxy) is 1. The molecule has 0 amide bonds. The Morgan fingerprint density at radius 1 is 1.16 bits per heavy atom. The van der Waals surface area contributed by atoms with E-state index in [4.69, 9.17) is 10.5 Å². The Bertz CT molecular complexity index is 404. The maximum atomic E-state index is 6.07. The number of aromatic nitrogens is 2. The molecule has 1 aromatic rings. The predicted octanol–water partition coefficient (Wildman–Crippen LogP) is 2.77. The predicted molar refractivity (Wildman–Crippen MR) is 75.5 cm³/mol. The highest BCUT2D eigenvalue weighted by Gasteiger charge is 2.42. The fraction of sp³-hybridized carbons (Fsp3) is 0.733. The van der Waals surface area contributed by atoms with Crippen LogP contribution in [0.5, 0.6) is 0 Å². The van der Waals surface area contributed by atoms with Crippen molar-refractivity contribution in [2.75, 3.05) is 6.61 Å². The van der Waals surface area contributed by atoms with Gasteiger partial charge in [0.2, 0.25) is 0 Å². The van der Waals surface area contributed by atoms with E-state index >= 15 is 0 Å². The molecule has 106 valence electrons. The van der Waals surface area contributed by atoms with E-state index in [0.717, 1.165) is 37.1 Å². The number of nitrogens with two attached hydrogens (primary N) is 1. The molecule has 1 fully saturated rings. The first-order chi connectivity index (χ1) is 9.01. The Hall–Kier alpha value is -1.00. The first-order valence-electron chi connectivity index (χ1n) is 7.17. The summed E-state index contributed by atoms with van der Waals surface area (Å²) in [5, 5.41) is 0. The van der Waals surface area contributed by atoms with Crippen LogP contribution in [0.2, 0.25) is 0 Å². The number of rotatable bonds is 4. The number of nitrogens with zero attached hydrogens (tertiary/aromatic N) is 2. The van der Waals surface area contributed by atoms with Gasteiger partial charge in [-0.2, -0.15) is 0 Å². The van der Waals surface area contributed by atoms with Crippen molar-refractivity contribution in [3.05, 3.63) is 23.8 Å². The van der Waals surface area contributed by atoms with Crippen LogP contribution in [0.15, 0.2) is 12.4 Å². The molecular formula is C15H25N3O. The molecule has 0 spiro atoms. The molecule has 1 aromatic heterocycles. The molecule has 1 heterocycles. The van der Waals surface area contributed by atoms with E-state index in [0.29, 0.717) is 18.6 Å². The van der Waals surface area contributed by atoms with Crippen molar-refractivity contribution in [3.8, 4) is 0 Å². The number of hydrogen-bond donors (Lipinski definition) is 1. The minimum absolute atomic E-state index is 0.294. The smallest absolute Gasteiger partial charge is 0.160 e. The lowest BCUT2D eigenvalue weighted by Crippen LogP contribution is -2.38. The van der Waals surface area contributed by atoms with E-state index in [1.54, 1.807) is 0 Å². The molecule has 1 saturated carbocycles. The van der Waals surface area contributed by atoms with E-state index in [1.165, 1.54) is 0 Å². The second kappa shape index (κ2) is 5.55. The lowest BCUT2D eigenvalue weighted by molar-refractivity contribution is -0.0948. The summed E-state index contributed by atoms with van der Waals surface area (Å²) in [6.07, 6.45) is 7.93. The van der Waals surface area contributed by atoms with Crippen LogP contribution < -0.4 is 5.73 Å². The van der Waals surface area contributed by atoms with Crippen molar-refractivity contribution < 1.29 is 4.74 Å². The minimum atomic E-state index is -0.294. The van der Waals surface area contributed by atoms with Gasteiger partial charge in [-0.15, -0.1) is 0 Å². The van der Waals surface area contributed by atoms with Gasteiger partial charge in [-0.25, -0.2) is 9.97 Å². The Balaban J connectivity index is 2.23. The molecule has 19 heavy (non-hydrogen) atoms. The van der Waals surface area contributed by atoms with Crippen LogP contribution in [0.4, 0.5) is 0 Å². The van der Waals surface area contributed by atoms with Crippen molar-refractivity contribution in [3.63, 3.8) is 0 Å². The molecular weight excluding hydrogens is 238 g/mol. The van der Waals surface area contributed by atoms with Crippen molar-refractivity contribution in [2.45, 2.75) is 58.6 Å². The third kappa shape index (κ3) is 3.12. The largest absolute Gasteiger partial charge is 0.367 e. The Kier molecular flexibility index (Phi) is 4.21. The SMILES string of the molecule is CCOC1(c2ncc(CN)cn2)CCC(C)(C)CC1. The van der Waals surface area contributed by atoms with E-state index in [-0.39, 0.29) is 5.60 Å². The van der Waals surface area contributed by atoms with Crippen LogP contribution in [-0.4, -0.2) is 16.6 Å². The molecule has 0 aromatic carbocycles. The van der Waals surface area contributed by atoms with Gasteiger partial charge < -0.3 is 10.5 Å². The van der Waals surface area contributed by atoms with Crippen LogP contribution in [0, 0.1) is 5.41 Å².